The van der Waals surface area contributed by atoms with Crippen molar-refractivity contribution in [2.75, 3.05) is 11.7 Å². The normalized spacial score (nSPS) is 12.7. The van der Waals surface area contributed by atoms with E-state index in [0.29, 0.717) is 23.7 Å². The molecule has 0 bridgehead atoms. The zero-order chi connectivity index (χ0) is 24.9. The monoisotopic (exact) mass is 498 g/mol. The van der Waals surface area contributed by atoms with Crippen LogP contribution in [0.4, 0.5) is 5.69 Å². The number of rotatable bonds is 8. The lowest BCUT2D eigenvalue weighted by Crippen LogP contribution is -2.44. The maximum Gasteiger partial charge on any atom is 0.248 e. The first-order chi connectivity index (χ1) is 17.6. The van der Waals surface area contributed by atoms with E-state index < -0.39 is 6.04 Å². The highest BCUT2D eigenvalue weighted by Crippen LogP contribution is 2.38. The largest absolute Gasteiger partial charge is 0.454 e. The van der Waals surface area contributed by atoms with Gasteiger partial charge < -0.3 is 14.8 Å². The number of amides is 2. The van der Waals surface area contributed by atoms with E-state index in [1.807, 2.05) is 79.0 Å². The number of ether oxygens (including phenoxy) is 2. The molecule has 3 aromatic carbocycles. The van der Waals surface area contributed by atoms with E-state index in [0.717, 1.165) is 21.6 Å². The maximum atomic E-state index is 13.9. The van der Waals surface area contributed by atoms with Crippen LogP contribution in [0.15, 0.2) is 90.3 Å². The summed E-state index contributed by atoms with van der Waals surface area (Å²) in [7, 11) is 0. The number of hydrogen-bond donors (Lipinski definition) is 1. The molecule has 0 saturated carbocycles. The molecule has 0 aliphatic carbocycles. The van der Waals surface area contributed by atoms with Gasteiger partial charge in [0.15, 0.2) is 11.5 Å². The summed E-state index contributed by atoms with van der Waals surface area (Å²) in [6, 6.07) is 25.7. The molecular formula is C29H26N2O4S. The van der Waals surface area contributed by atoms with Gasteiger partial charge in [0.2, 0.25) is 18.6 Å². The van der Waals surface area contributed by atoms with Crippen molar-refractivity contribution in [2.45, 2.75) is 25.9 Å². The number of carbonyl (C=O) groups excluding carboxylic acids is 2. The first kappa shape index (κ1) is 23.6. The van der Waals surface area contributed by atoms with Gasteiger partial charge in [-0.15, -0.1) is 11.3 Å². The Bertz CT molecular complexity index is 1340. The van der Waals surface area contributed by atoms with E-state index in [1.54, 1.807) is 23.1 Å². The van der Waals surface area contributed by atoms with Gasteiger partial charge in [-0.1, -0.05) is 66.2 Å². The number of thiophene rings is 1. The van der Waals surface area contributed by atoms with Gasteiger partial charge in [0, 0.05) is 23.2 Å². The first-order valence-corrected chi connectivity index (χ1v) is 12.6. The van der Waals surface area contributed by atoms with Gasteiger partial charge in [-0.05, 0) is 41.6 Å². The zero-order valence-electron chi connectivity index (χ0n) is 19.8. The first-order valence-electron chi connectivity index (χ1n) is 11.7. The van der Waals surface area contributed by atoms with Gasteiger partial charge in [-0.2, -0.15) is 0 Å². The molecule has 6 nitrogen and oxygen atoms in total. The van der Waals surface area contributed by atoms with Gasteiger partial charge >= 0.3 is 0 Å². The molecule has 2 heterocycles. The Morgan fingerprint density at radius 2 is 1.72 bits per heavy atom. The van der Waals surface area contributed by atoms with Crippen molar-refractivity contribution in [3.05, 3.63) is 112 Å². The Labute approximate surface area is 214 Å². The second-order valence-corrected chi connectivity index (χ2v) is 9.61. The van der Waals surface area contributed by atoms with Gasteiger partial charge in [0.25, 0.3) is 0 Å². The topological polar surface area (TPSA) is 67.9 Å². The van der Waals surface area contributed by atoms with Crippen LogP contribution in [-0.4, -0.2) is 18.6 Å². The van der Waals surface area contributed by atoms with Gasteiger partial charge in [0.05, 0.1) is 6.42 Å². The predicted octanol–water partition coefficient (Wildman–Crippen LogP) is 5.42. The van der Waals surface area contributed by atoms with Crippen molar-refractivity contribution in [3.8, 4) is 11.5 Å². The molecule has 1 aromatic heterocycles. The van der Waals surface area contributed by atoms with Crippen molar-refractivity contribution in [1.29, 1.82) is 0 Å². The molecule has 1 aliphatic heterocycles. The predicted molar refractivity (Wildman–Crippen MR) is 140 cm³/mol. The lowest BCUT2D eigenvalue weighted by molar-refractivity contribution is -0.126. The van der Waals surface area contributed by atoms with E-state index in [9.17, 15) is 9.59 Å². The minimum Gasteiger partial charge on any atom is -0.454 e. The van der Waals surface area contributed by atoms with Crippen LogP contribution >= 0.6 is 11.3 Å². The minimum absolute atomic E-state index is 0.126. The molecule has 0 saturated heterocycles. The Kier molecular flexibility index (Phi) is 7.00. The summed E-state index contributed by atoms with van der Waals surface area (Å²) in [6.45, 7) is 2.48. The number of fused-ring (bicyclic) bond motifs is 1. The molecule has 1 aliphatic rings. The third-order valence-corrected chi connectivity index (χ3v) is 6.89. The zero-order valence-corrected chi connectivity index (χ0v) is 20.7. The second-order valence-electron chi connectivity index (χ2n) is 8.57. The van der Waals surface area contributed by atoms with Crippen LogP contribution in [0.2, 0.25) is 0 Å². The number of aryl methyl sites for hydroxylation is 1. The highest BCUT2D eigenvalue weighted by Gasteiger charge is 2.33. The molecule has 2 amide bonds. The summed E-state index contributed by atoms with van der Waals surface area (Å²) in [5, 5.41) is 4.98. The molecule has 7 heteroatoms. The summed E-state index contributed by atoms with van der Waals surface area (Å²) in [5.74, 6) is 0.718. The van der Waals surface area contributed by atoms with Crippen LogP contribution in [0.1, 0.15) is 27.6 Å². The summed E-state index contributed by atoms with van der Waals surface area (Å²) in [4.78, 5) is 30.2. The standard InChI is InChI=1S/C29H26N2O4S/c1-20-9-11-22(12-10-20)28(29(33)30-18-21-6-3-2-4-7-21)31(27(32)17-24-8-5-15-36-24)23-13-14-25-26(16-23)35-19-34-25/h2-16,28H,17-19H2,1H3,(H,30,33)/t28-/m0/s1. The number of nitrogens with zero attached hydrogens (tertiary/aromatic N) is 1. The molecule has 0 fully saturated rings. The van der Waals surface area contributed by atoms with Crippen molar-refractivity contribution in [1.82, 2.24) is 5.32 Å². The van der Waals surface area contributed by atoms with Gasteiger partial charge in [-0.3, -0.25) is 14.5 Å². The molecule has 5 rings (SSSR count). The number of anilines is 1. The van der Waals surface area contributed by atoms with Crippen molar-refractivity contribution < 1.29 is 19.1 Å². The fraction of sp³-hybridized carbons (Fsp3) is 0.172. The third kappa shape index (κ3) is 5.26. The molecule has 0 unspecified atom stereocenters. The van der Waals surface area contributed by atoms with E-state index >= 15 is 0 Å². The van der Waals surface area contributed by atoms with Crippen molar-refractivity contribution in [2.24, 2.45) is 0 Å². The quantitative estimate of drug-likeness (QED) is 0.352. The van der Waals surface area contributed by atoms with Crippen LogP contribution in [0.5, 0.6) is 11.5 Å². The molecule has 182 valence electrons. The van der Waals surface area contributed by atoms with Crippen LogP contribution < -0.4 is 19.7 Å². The average molecular weight is 499 g/mol. The smallest absolute Gasteiger partial charge is 0.248 e. The van der Waals surface area contributed by atoms with Gasteiger partial charge in [0.1, 0.15) is 6.04 Å². The number of hydrogen-bond acceptors (Lipinski definition) is 5. The molecule has 0 radical (unpaired) electrons. The SMILES string of the molecule is Cc1ccc([C@@H](C(=O)NCc2ccccc2)N(C(=O)Cc2cccs2)c2ccc3c(c2)OCO3)cc1. The van der Waals surface area contributed by atoms with Crippen LogP contribution in [0.3, 0.4) is 0 Å². The maximum absolute atomic E-state index is 13.9. The molecule has 1 N–H and O–H groups in total. The van der Waals surface area contributed by atoms with Crippen LogP contribution in [-0.2, 0) is 22.6 Å². The van der Waals surface area contributed by atoms with E-state index in [1.165, 1.54) is 11.3 Å². The number of nitrogens with one attached hydrogen (secondary N) is 1. The summed E-state index contributed by atoms with van der Waals surface area (Å²) < 4.78 is 11.1. The Morgan fingerprint density at radius 3 is 2.47 bits per heavy atom. The molecule has 1 atom stereocenters. The number of carbonyl (C=O) groups is 2. The number of benzene rings is 3. The Morgan fingerprint density at radius 1 is 0.944 bits per heavy atom. The Balaban J connectivity index is 1.54. The molecular weight excluding hydrogens is 472 g/mol. The summed E-state index contributed by atoms with van der Waals surface area (Å²) >= 11 is 1.52. The fourth-order valence-corrected chi connectivity index (χ4v) is 4.86. The van der Waals surface area contributed by atoms with Crippen molar-refractivity contribution >= 4 is 28.8 Å². The second kappa shape index (κ2) is 10.7. The average Bonchev–Trinajstić information content (AvgIpc) is 3.58. The summed E-state index contributed by atoms with van der Waals surface area (Å²) in [5.41, 5.74) is 3.35. The molecule has 0 spiro atoms. The summed E-state index contributed by atoms with van der Waals surface area (Å²) in [6.07, 6.45) is 0.181. The highest BCUT2D eigenvalue weighted by atomic mass is 32.1. The fourth-order valence-electron chi connectivity index (χ4n) is 4.17. The van der Waals surface area contributed by atoms with Crippen LogP contribution in [0, 0.1) is 6.92 Å². The Hall–Kier alpha value is -4.10. The molecule has 4 aromatic rings. The lowest BCUT2D eigenvalue weighted by atomic mass is 10.0. The van der Waals surface area contributed by atoms with Crippen LogP contribution in [0.25, 0.3) is 0 Å². The lowest BCUT2D eigenvalue weighted by Gasteiger charge is -2.32. The van der Waals surface area contributed by atoms with Gasteiger partial charge in [-0.25, -0.2) is 0 Å². The van der Waals surface area contributed by atoms with E-state index in [-0.39, 0.29) is 25.0 Å². The van der Waals surface area contributed by atoms with E-state index in [2.05, 4.69) is 5.32 Å². The highest BCUT2D eigenvalue weighted by molar-refractivity contribution is 7.10. The third-order valence-electron chi connectivity index (χ3n) is 6.02. The van der Waals surface area contributed by atoms with Crippen molar-refractivity contribution in [3.63, 3.8) is 0 Å². The van der Waals surface area contributed by atoms with E-state index in [4.69, 9.17) is 9.47 Å². The molecule has 36 heavy (non-hydrogen) atoms. The minimum atomic E-state index is -0.873.